The van der Waals surface area contributed by atoms with Crippen LogP contribution in [0.25, 0.3) is 10.9 Å². The minimum Gasteiger partial charge on any atom is -0.376 e. The number of benzene rings is 1. The first-order valence-corrected chi connectivity index (χ1v) is 9.12. The molecule has 1 atom stereocenters. The van der Waals surface area contributed by atoms with Crippen molar-refractivity contribution < 1.29 is 9.53 Å². The van der Waals surface area contributed by atoms with Crippen molar-refractivity contribution in [2.24, 2.45) is 0 Å². The third-order valence-electron chi connectivity index (χ3n) is 4.84. The van der Waals surface area contributed by atoms with E-state index in [2.05, 4.69) is 9.97 Å². The Morgan fingerprint density at radius 1 is 1.26 bits per heavy atom. The highest BCUT2D eigenvalue weighted by molar-refractivity contribution is 5.94. The molecular weight excluding hydrogens is 342 g/mol. The van der Waals surface area contributed by atoms with Gasteiger partial charge in [-0.2, -0.15) is 0 Å². The Kier molecular flexibility index (Phi) is 4.98. The number of rotatable bonds is 5. The molecular formula is C21H21N3O3. The number of fused-ring (bicyclic) bond motifs is 1. The number of ether oxygens (including phenoxy) is 1. The van der Waals surface area contributed by atoms with Crippen LogP contribution in [0.15, 0.2) is 59.7 Å². The molecule has 6 heteroatoms. The number of H-pyrrole nitrogens is 1. The maximum absolute atomic E-state index is 13.0. The van der Waals surface area contributed by atoms with Crippen LogP contribution in [0.3, 0.4) is 0 Å². The van der Waals surface area contributed by atoms with Crippen molar-refractivity contribution >= 4 is 16.8 Å². The van der Waals surface area contributed by atoms with Gasteiger partial charge >= 0.3 is 0 Å². The quantitative estimate of drug-likeness (QED) is 0.756. The van der Waals surface area contributed by atoms with Gasteiger partial charge in [0.05, 0.1) is 18.2 Å². The van der Waals surface area contributed by atoms with Crippen LogP contribution in [0.1, 0.15) is 28.8 Å². The second-order valence-corrected chi connectivity index (χ2v) is 6.77. The van der Waals surface area contributed by atoms with E-state index in [-0.39, 0.29) is 24.1 Å². The zero-order valence-corrected chi connectivity index (χ0v) is 14.9. The Labute approximate surface area is 156 Å². The van der Waals surface area contributed by atoms with Gasteiger partial charge in [0.25, 0.3) is 11.5 Å². The Morgan fingerprint density at radius 2 is 2.15 bits per heavy atom. The number of carbonyl (C=O) groups is 1. The Hall–Kier alpha value is -2.99. The molecule has 1 aromatic carbocycles. The number of nitrogens with one attached hydrogen (secondary N) is 1. The highest BCUT2D eigenvalue weighted by Crippen LogP contribution is 2.17. The number of aromatic amines is 1. The van der Waals surface area contributed by atoms with Crippen LogP contribution in [-0.2, 0) is 11.3 Å². The van der Waals surface area contributed by atoms with Crippen LogP contribution in [0.2, 0.25) is 0 Å². The average Bonchev–Trinajstić information content (AvgIpc) is 3.21. The van der Waals surface area contributed by atoms with E-state index in [4.69, 9.17) is 4.74 Å². The van der Waals surface area contributed by atoms with E-state index >= 15 is 0 Å². The number of amides is 1. The predicted octanol–water partition coefficient (Wildman–Crippen LogP) is 2.74. The maximum Gasteiger partial charge on any atom is 0.255 e. The van der Waals surface area contributed by atoms with Crippen LogP contribution >= 0.6 is 0 Å². The van der Waals surface area contributed by atoms with E-state index in [1.54, 1.807) is 29.4 Å². The van der Waals surface area contributed by atoms with Gasteiger partial charge in [0.15, 0.2) is 0 Å². The summed E-state index contributed by atoms with van der Waals surface area (Å²) in [4.78, 5) is 34.2. The molecule has 6 nitrogen and oxygen atoms in total. The normalized spacial score (nSPS) is 16.5. The molecule has 0 spiro atoms. The van der Waals surface area contributed by atoms with Crippen molar-refractivity contribution in [3.63, 3.8) is 0 Å². The SMILES string of the molecule is O=C(c1cccnc1)N(Cc1cc2ccccc2[nH]c1=O)C[C@H]1CCCO1. The van der Waals surface area contributed by atoms with E-state index in [1.165, 1.54) is 0 Å². The summed E-state index contributed by atoms with van der Waals surface area (Å²) in [6.07, 6.45) is 5.11. The number of aromatic nitrogens is 2. The number of para-hydroxylation sites is 1. The molecule has 1 fully saturated rings. The van der Waals surface area contributed by atoms with Crippen LogP contribution in [-0.4, -0.2) is 40.0 Å². The summed E-state index contributed by atoms with van der Waals surface area (Å²) in [5, 5.41) is 0.943. The standard InChI is InChI=1S/C21H21N3O3/c25-20-17(11-15-5-1-2-8-19(15)23-20)13-24(14-18-7-4-10-27-18)21(26)16-6-3-9-22-12-16/h1-3,5-6,8-9,11-12,18H,4,7,10,13-14H2,(H,23,25)/t18-/m1/s1. The molecule has 0 radical (unpaired) electrons. The van der Waals surface area contributed by atoms with Gasteiger partial charge in [0.2, 0.25) is 0 Å². The molecule has 4 rings (SSSR count). The van der Waals surface area contributed by atoms with Gasteiger partial charge in [-0.05, 0) is 42.5 Å². The molecule has 0 aliphatic carbocycles. The van der Waals surface area contributed by atoms with Crippen LogP contribution in [0.4, 0.5) is 0 Å². The van der Waals surface area contributed by atoms with Crippen molar-refractivity contribution in [3.8, 4) is 0 Å². The lowest BCUT2D eigenvalue weighted by Gasteiger charge is -2.25. The molecule has 1 amide bonds. The summed E-state index contributed by atoms with van der Waals surface area (Å²) >= 11 is 0. The summed E-state index contributed by atoms with van der Waals surface area (Å²) < 4.78 is 5.71. The summed E-state index contributed by atoms with van der Waals surface area (Å²) in [7, 11) is 0. The number of hydrogen-bond donors (Lipinski definition) is 1. The Bertz CT molecular complexity index is 994. The van der Waals surface area contributed by atoms with Crippen molar-refractivity contribution in [2.75, 3.05) is 13.2 Å². The molecule has 1 aliphatic rings. The number of nitrogens with zero attached hydrogens (tertiary/aromatic N) is 2. The third-order valence-corrected chi connectivity index (χ3v) is 4.84. The fourth-order valence-corrected chi connectivity index (χ4v) is 3.44. The molecule has 1 N–H and O–H groups in total. The fourth-order valence-electron chi connectivity index (χ4n) is 3.44. The van der Waals surface area contributed by atoms with E-state index in [1.807, 2.05) is 30.3 Å². The van der Waals surface area contributed by atoms with E-state index in [0.717, 1.165) is 30.4 Å². The first-order chi connectivity index (χ1) is 13.2. The first-order valence-electron chi connectivity index (χ1n) is 9.12. The Balaban J connectivity index is 1.65. The second-order valence-electron chi connectivity index (χ2n) is 6.77. The average molecular weight is 363 g/mol. The van der Waals surface area contributed by atoms with Crippen molar-refractivity contribution in [2.45, 2.75) is 25.5 Å². The summed E-state index contributed by atoms with van der Waals surface area (Å²) in [5.41, 5.74) is 1.68. The molecule has 1 aliphatic heterocycles. The fraction of sp³-hybridized carbons (Fsp3) is 0.286. The summed E-state index contributed by atoms with van der Waals surface area (Å²) in [5.74, 6) is -0.147. The van der Waals surface area contributed by atoms with Gasteiger partial charge in [-0.25, -0.2) is 0 Å². The van der Waals surface area contributed by atoms with Gasteiger partial charge in [-0.15, -0.1) is 0 Å². The van der Waals surface area contributed by atoms with E-state index in [0.29, 0.717) is 17.7 Å². The second kappa shape index (κ2) is 7.72. The zero-order valence-electron chi connectivity index (χ0n) is 14.9. The first kappa shape index (κ1) is 17.4. The Morgan fingerprint density at radius 3 is 2.93 bits per heavy atom. The number of pyridine rings is 2. The highest BCUT2D eigenvalue weighted by Gasteiger charge is 2.24. The largest absolute Gasteiger partial charge is 0.376 e. The van der Waals surface area contributed by atoms with Crippen molar-refractivity contribution in [1.29, 1.82) is 0 Å². The van der Waals surface area contributed by atoms with Crippen LogP contribution < -0.4 is 5.56 Å². The molecule has 27 heavy (non-hydrogen) atoms. The molecule has 138 valence electrons. The lowest BCUT2D eigenvalue weighted by Crippen LogP contribution is -2.38. The smallest absolute Gasteiger partial charge is 0.255 e. The lowest BCUT2D eigenvalue weighted by molar-refractivity contribution is 0.0506. The van der Waals surface area contributed by atoms with Crippen LogP contribution in [0, 0.1) is 0 Å². The van der Waals surface area contributed by atoms with Crippen molar-refractivity contribution in [3.05, 3.63) is 76.3 Å². The molecule has 0 bridgehead atoms. The molecule has 3 heterocycles. The molecule has 2 aromatic heterocycles. The summed E-state index contributed by atoms with van der Waals surface area (Å²) in [6.45, 7) is 1.41. The minimum absolute atomic E-state index is 0.00478. The third kappa shape index (κ3) is 3.90. The maximum atomic E-state index is 13.0. The topological polar surface area (TPSA) is 75.3 Å². The molecule has 3 aromatic rings. The van der Waals surface area contributed by atoms with Gasteiger partial charge in [0, 0.05) is 36.6 Å². The molecule has 0 saturated carbocycles. The number of hydrogen-bond acceptors (Lipinski definition) is 4. The monoisotopic (exact) mass is 363 g/mol. The van der Waals surface area contributed by atoms with Gasteiger partial charge < -0.3 is 14.6 Å². The van der Waals surface area contributed by atoms with Gasteiger partial charge in [0.1, 0.15) is 0 Å². The van der Waals surface area contributed by atoms with Crippen LogP contribution in [0.5, 0.6) is 0 Å². The lowest BCUT2D eigenvalue weighted by atomic mass is 10.1. The predicted molar refractivity (Wildman–Crippen MR) is 103 cm³/mol. The summed E-state index contributed by atoms with van der Waals surface area (Å²) in [6, 6.07) is 13.0. The van der Waals surface area contributed by atoms with Gasteiger partial charge in [-0.3, -0.25) is 14.6 Å². The van der Waals surface area contributed by atoms with E-state index < -0.39 is 0 Å². The molecule has 1 saturated heterocycles. The minimum atomic E-state index is -0.176. The highest BCUT2D eigenvalue weighted by atomic mass is 16.5. The molecule has 0 unspecified atom stereocenters. The number of carbonyl (C=O) groups excluding carboxylic acids is 1. The van der Waals surface area contributed by atoms with Gasteiger partial charge in [-0.1, -0.05) is 18.2 Å². The van der Waals surface area contributed by atoms with Crippen molar-refractivity contribution in [1.82, 2.24) is 14.9 Å². The van der Waals surface area contributed by atoms with E-state index in [9.17, 15) is 9.59 Å². The zero-order chi connectivity index (χ0) is 18.6.